The molecule has 4 heteroatoms. The number of hydrogen-bond acceptors (Lipinski definition) is 2. The molecule has 0 aliphatic rings. The number of rotatable bonds is 0. The van der Waals surface area contributed by atoms with Gasteiger partial charge in [0.25, 0.3) is 0 Å². The summed E-state index contributed by atoms with van der Waals surface area (Å²) >= 11 is 8.01. The Kier molecular flexibility index (Phi) is 6.07. The molecular formula is C26H24N2S2. The summed E-state index contributed by atoms with van der Waals surface area (Å²) in [6, 6.07) is 33.7. The van der Waals surface area contributed by atoms with Crippen LogP contribution in [0.5, 0.6) is 0 Å². The van der Waals surface area contributed by atoms with Gasteiger partial charge in [-0.15, -0.1) is 0 Å². The zero-order chi connectivity index (χ0) is 21.1. The van der Waals surface area contributed by atoms with Crippen molar-refractivity contribution in [2.24, 2.45) is 7.05 Å². The summed E-state index contributed by atoms with van der Waals surface area (Å²) in [5.74, 6) is 0. The lowest BCUT2D eigenvalue weighted by molar-refractivity contribution is 1.01. The Balaban J connectivity index is 0.000000134. The highest BCUT2D eigenvalue weighted by atomic mass is 32.1. The number of fused-ring (bicyclic) bond motifs is 6. The minimum atomic E-state index is 1.16. The van der Waals surface area contributed by atoms with E-state index in [-0.39, 0.29) is 0 Å². The first kappa shape index (κ1) is 20.5. The average molecular weight is 429 g/mol. The predicted molar refractivity (Wildman–Crippen MR) is 139 cm³/mol. The first-order chi connectivity index (χ1) is 14.8. The normalized spacial score (nSPS) is 10.7. The molecule has 6 aromatic rings. The first-order valence-electron chi connectivity index (χ1n) is 9.80. The van der Waals surface area contributed by atoms with Gasteiger partial charge < -0.3 is 4.57 Å². The summed E-state index contributed by atoms with van der Waals surface area (Å²) < 4.78 is 4.18. The Bertz CT molecular complexity index is 1230. The lowest BCUT2D eigenvalue weighted by Gasteiger charge is -1.95. The number of benzene rings is 4. The quantitative estimate of drug-likeness (QED) is 0.234. The monoisotopic (exact) mass is 428 g/mol. The summed E-state index contributed by atoms with van der Waals surface area (Å²) in [6.07, 6.45) is 1.69. The highest BCUT2D eigenvalue weighted by Crippen LogP contribution is 2.29. The maximum atomic E-state index is 4.48. The molecule has 0 atom stereocenters. The Morgan fingerprint density at radius 1 is 0.467 bits per heavy atom. The molecule has 2 nitrogen and oxygen atoms in total. The van der Waals surface area contributed by atoms with E-state index in [1.165, 1.54) is 32.6 Å². The first-order valence-corrected chi connectivity index (χ1v) is 11.1. The van der Waals surface area contributed by atoms with Crippen molar-refractivity contribution in [2.45, 2.75) is 0 Å². The topological polar surface area (TPSA) is 9.86 Å². The van der Waals surface area contributed by atoms with Crippen LogP contribution in [0.15, 0.2) is 97.1 Å². The molecule has 0 unspecified atom stereocenters. The number of para-hydroxylation sites is 4. The SMILES string of the molecule is CS.Cn1c2ccccc2c2ccccc21.Sn1c2ccccc2c2ccccc21. The van der Waals surface area contributed by atoms with Gasteiger partial charge in [0.05, 0.1) is 11.0 Å². The van der Waals surface area contributed by atoms with Crippen LogP contribution in [-0.4, -0.2) is 14.8 Å². The van der Waals surface area contributed by atoms with Gasteiger partial charge in [-0.2, -0.15) is 12.6 Å². The lowest BCUT2D eigenvalue weighted by Crippen LogP contribution is -1.84. The smallest absolute Gasteiger partial charge is 0.0602 e. The molecule has 150 valence electrons. The zero-order valence-electron chi connectivity index (χ0n) is 17.0. The summed E-state index contributed by atoms with van der Waals surface area (Å²) in [5, 5.41) is 5.20. The fraction of sp³-hybridized carbons (Fsp3) is 0.0769. The van der Waals surface area contributed by atoms with Gasteiger partial charge in [-0.1, -0.05) is 85.6 Å². The molecule has 0 radical (unpaired) electrons. The van der Waals surface area contributed by atoms with Crippen LogP contribution in [0.25, 0.3) is 43.6 Å². The maximum Gasteiger partial charge on any atom is 0.0602 e. The Labute approximate surface area is 187 Å². The van der Waals surface area contributed by atoms with E-state index in [1.807, 2.05) is 16.1 Å². The zero-order valence-corrected chi connectivity index (χ0v) is 18.8. The molecule has 0 N–H and O–H groups in total. The molecule has 0 aliphatic carbocycles. The molecule has 0 saturated carbocycles. The van der Waals surface area contributed by atoms with Crippen molar-refractivity contribution < 1.29 is 0 Å². The third kappa shape index (κ3) is 3.47. The Morgan fingerprint density at radius 3 is 1.10 bits per heavy atom. The second-order valence-electron chi connectivity index (χ2n) is 6.94. The van der Waals surface area contributed by atoms with Gasteiger partial charge in [0.2, 0.25) is 0 Å². The van der Waals surface area contributed by atoms with Crippen molar-refractivity contribution in [1.29, 1.82) is 0 Å². The fourth-order valence-corrected chi connectivity index (χ4v) is 4.37. The predicted octanol–water partition coefficient (Wildman–Crippen LogP) is 7.36. The molecule has 0 aliphatic heterocycles. The number of aryl methyl sites for hydroxylation is 1. The molecule has 0 amide bonds. The van der Waals surface area contributed by atoms with Crippen LogP contribution in [0, 0.1) is 0 Å². The van der Waals surface area contributed by atoms with Gasteiger partial charge in [0, 0.05) is 39.6 Å². The summed E-state index contributed by atoms with van der Waals surface area (Å²) in [4.78, 5) is 0. The van der Waals surface area contributed by atoms with E-state index in [0.717, 1.165) is 11.0 Å². The second-order valence-corrected chi connectivity index (χ2v) is 7.34. The number of hydrogen-bond donors (Lipinski definition) is 2. The molecule has 4 aromatic carbocycles. The summed E-state index contributed by atoms with van der Waals surface area (Å²) in [6.45, 7) is 0. The van der Waals surface area contributed by atoms with Crippen LogP contribution >= 0.6 is 25.4 Å². The van der Waals surface area contributed by atoms with E-state index in [0.29, 0.717) is 0 Å². The van der Waals surface area contributed by atoms with Crippen molar-refractivity contribution in [3.63, 3.8) is 0 Å². The number of thiol groups is 2. The van der Waals surface area contributed by atoms with Gasteiger partial charge in [-0.25, -0.2) is 0 Å². The summed E-state index contributed by atoms with van der Waals surface area (Å²) in [5.41, 5.74) is 4.93. The second kappa shape index (κ2) is 8.90. The molecule has 2 aromatic heterocycles. The van der Waals surface area contributed by atoms with Crippen LogP contribution in [0.4, 0.5) is 0 Å². The van der Waals surface area contributed by atoms with Gasteiger partial charge in [0.1, 0.15) is 0 Å². The molecule has 2 heterocycles. The average Bonchev–Trinajstić information content (AvgIpc) is 3.29. The van der Waals surface area contributed by atoms with E-state index in [1.54, 1.807) is 6.26 Å². The standard InChI is InChI=1S/C13H11N.C12H9NS.CH4S/c1-14-12-8-4-2-6-10(12)11-7-3-5-9-13(11)14;14-13-11-7-3-1-5-9(11)10-6-2-4-8-12(10)13;1-2/h2-9H,1H3;1-8,14H;2H,1H3. The third-order valence-corrected chi connectivity index (χ3v) is 5.81. The molecule has 0 saturated heterocycles. The molecule has 6 rings (SSSR count). The van der Waals surface area contributed by atoms with Gasteiger partial charge >= 0.3 is 0 Å². The fourth-order valence-electron chi connectivity index (χ4n) is 4.02. The van der Waals surface area contributed by atoms with E-state index in [9.17, 15) is 0 Å². The van der Waals surface area contributed by atoms with Crippen molar-refractivity contribution >= 4 is 69.1 Å². The number of aromatic nitrogens is 2. The summed E-state index contributed by atoms with van der Waals surface area (Å²) in [7, 11) is 2.12. The Hall–Kier alpha value is -2.82. The molecular weight excluding hydrogens is 404 g/mol. The van der Waals surface area contributed by atoms with Crippen LogP contribution in [0.2, 0.25) is 0 Å². The van der Waals surface area contributed by atoms with Crippen molar-refractivity contribution in [3.8, 4) is 0 Å². The third-order valence-electron chi connectivity index (χ3n) is 5.38. The molecule has 0 bridgehead atoms. The van der Waals surface area contributed by atoms with Crippen LogP contribution in [0.3, 0.4) is 0 Å². The van der Waals surface area contributed by atoms with Gasteiger partial charge in [-0.05, 0) is 30.5 Å². The van der Waals surface area contributed by atoms with Crippen molar-refractivity contribution in [1.82, 2.24) is 8.54 Å². The minimum Gasteiger partial charge on any atom is -0.344 e. The lowest BCUT2D eigenvalue weighted by atomic mass is 10.2. The van der Waals surface area contributed by atoms with Gasteiger partial charge in [0.15, 0.2) is 0 Å². The van der Waals surface area contributed by atoms with E-state index >= 15 is 0 Å². The van der Waals surface area contributed by atoms with Crippen molar-refractivity contribution in [2.75, 3.05) is 6.26 Å². The number of nitrogens with zero attached hydrogens (tertiary/aromatic N) is 2. The molecule has 30 heavy (non-hydrogen) atoms. The van der Waals surface area contributed by atoms with Crippen molar-refractivity contribution in [3.05, 3.63) is 97.1 Å². The van der Waals surface area contributed by atoms with Crippen LogP contribution in [0.1, 0.15) is 0 Å². The highest BCUT2D eigenvalue weighted by molar-refractivity contribution is 7.79. The van der Waals surface area contributed by atoms with Crippen LogP contribution < -0.4 is 0 Å². The van der Waals surface area contributed by atoms with Crippen LogP contribution in [-0.2, 0) is 7.05 Å². The highest BCUT2D eigenvalue weighted by Gasteiger charge is 2.06. The largest absolute Gasteiger partial charge is 0.344 e. The molecule has 0 spiro atoms. The maximum absolute atomic E-state index is 4.48. The molecule has 0 fully saturated rings. The van der Waals surface area contributed by atoms with Gasteiger partial charge in [-0.3, -0.25) is 3.97 Å². The van der Waals surface area contributed by atoms with E-state index in [2.05, 4.69) is 122 Å². The van der Waals surface area contributed by atoms with E-state index in [4.69, 9.17) is 0 Å². The Morgan fingerprint density at radius 2 is 0.733 bits per heavy atom. The minimum absolute atomic E-state index is 1.16. The van der Waals surface area contributed by atoms with E-state index < -0.39 is 0 Å².